The van der Waals surface area contributed by atoms with Gasteiger partial charge in [0.05, 0.1) is 0 Å². The molecule has 0 spiro atoms. The number of carbonyl (C=O) groups is 1. The summed E-state index contributed by atoms with van der Waals surface area (Å²) in [4.78, 5) is 12.2. The Hall–Kier alpha value is -2.74. The van der Waals surface area contributed by atoms with Crippen molar-refractivity contribution in [3.05, 3.63) is 89.7 Å². The van der Waals surface area contributed by atoms with Crippen LogP contribution in [0.1, 0.15) is 21.5 Å². The summed E-state index contributed by atoms with van der Waals surface area (Å²) >= 11 is 0. The number of benzene rings is 2. The lowest BCUT2D eigenvalue weighted by molar-refractivity contribution is -0.683. The SMILES string of the molecule is Cc1ccc(C)c(-c2cc[n+](CC(=O)c3ccccc3)cc2)c1. The molecule has 3 rings (SSSR count). The highest BCUT2D eigenvalue weighted by atomic mass is 16.1. The van der Waals surface area contributed by atoms with Crippen molar-refractivity contribution in [3.63, 3.8) is 0 Å². The zero-order valence-corrected chi connectivity index (χ0v) is 13.5. The third-order valence-corrected chi connectivity index (χ3v) is 4.02. The van der Waals surface area contributed by atoms with Crippen LogP contribution in [0.25, 0.3) is 11.1 Å². The van der Waals surface area contributed by atoms with Gasteiger partial charge in [0.25, 0.3) is 0 Å². The van der Waals surface area contributed by atoms with Crippen molar-refractivity contribution >= 4 is 5.78 Å². The van der Waals surface area contributed by atoms with E-state index in [1.165, 1.54) is 22.3 Å². The standard InChI is InChI=1S/C21H20NO/c1-16-8-9-17(2)20(14-16)18-10-12-22(13-11-18)15-21(23)19-6-4-3-5-7-19/h3-14H,15H2,1-2H3/q+1. The van der Waals surface area contributed by atoms with E-state index in [-0.39, 0.29) is 5.78 Å². The van der Waals surface area contributed by atoms with Crippen LogP contribution in [0, 0.1) is 13.8 Å². The highest BCUT2D eigenvalue weighted by Crippen LogP contribution is 2.23. The molecule has 0 aliphatic carbocycles. The minimum Gasteiger partial charge on any atom is -0.287 e. The smallest absolute Gasteiger partial charge is 0.227 e. The Morgan fingerprint density at radius 2 is 1.61 bits per heavy atom. The summed E-state index contributed by atoms with van der Waals surface area (Å²) in [5, 5.41) is 0. The summed E-state index contributed by atoms with van der Waals surface area (Å²) in [5.74, 6) is 0.120. The maximum absolute atomic E-state index is 12.2. The van der Waals surface area contributed by atoms with Crippen LogP contribution >= 0.6 is 0 Å². The molecule has 3 aromatic rings. The first-order valence-electron chi connectivity index (χ1n) is 7.78. The summed E-state index contributed by atoms with van der Waals surface area (Å²) < 4.78 is 1.92. The molecule has 0 amide bonds. The average molecular weight is 302 g/mol. The van der Waals surface area contributed by atoms with Gasteiger partial charge in [0.1, 0.15) is 0 Å². The third-order valence-electron chi connectivity index (χ3n) is 4.02. The Balaban J connectivity index is 1.80. The van der Waals surface area contributed by atoms with Gasteiger partial charge in [-0.15, -0.1) is 0 Å². The molecule has 0 aliphatic rings. The average Bonchev–Trinajstić information content (AvgIpc) is 2.58. The zero-order chi connectivity index (χ0) is 16.2. The number of hydrogen-bond acceptors (Lipinski definition) is 1. The fraction of sp³-hybridized carbons (Fsp3) is 0.143. The van der Waals surface area contributed by atoms with Crippen molar-refractivity contribution in [1.82, 2.24) is 0 Å². The minimum absolute atomic E-state index is 0.120. The number of aromatic nitrogens is 1. The third kappa shape index (κ3) is 3.54. The van der Waals surface area contributed by atoms with Gasteiger partial charge >= 0.3 is 0 Å². The number of pyridine rings is 1. The van der Waals surface area contributed by atoms with E-state index in [4.69, 9.17) is 0 Å². The first-order chi connectivity index (χ1) is 11.1. The highest BCUT2D eigenvalue weighted by Gasteiger charge is 2.12. The van der Waals surface area contributed by atoms with Gasteiger partial charge in [0, 0.05) is 17.7 Å². The van der Waals surface area contributed by atoms with Gasteiger partial charge in [-0.1, -0.05) is 54.1 Å². The number of ketones is 1. The van der Waals surface area contributed by atoms with E-state index in [0.717, 1.165) is 5.56 Å². The van der Waals surface area contributed by atoms with Crippen molar-refractivity contribution in [1.29, 1.82) is 0 Å². The number of carbonyl (C=O) groups excluding carboxylic acids is 1. The Bertz CT molecular complexity index is 820. The molecule has 0 aliphatic heterocycles. The Morgan fingerprint density at radius 3 is 2.30 bits per heavy atom. The molecule has 2 heteroatoms. The van der Waals surface area contributed by atoms with Crippen LogP contribution in [-0.4, -0.2) is 5.78 Å². The largest absolute Gasteiger partial charge is 0.287 e. The van der Waals surface area contributed by atoms with Gasteiger partial charge in [0.2, 0.25) is 12.3 Å². The molecule has 0 unspecified atom stereocenters. The topological polar surface area (TPSA) is 20.9 Å². The molecule has 0 N–H and O–H groups in total. The van der Waals surface area contributed by atoms with E-state index in [1.54, 1.807) is 0 Å². The number of aryl methyl sites for hydroxylation is 2. The first kappa shape index (κ1) is 15.2. The second-order valence-electron chi connectivity index (χ2n) is 5.87. The molecule has 2 nitrogen and oxygen atoms in total. The second kappa shape index (κ2) is 6.57. The van der Waals surface area contributed by atoms with Gasteiger partial charge in [0.15, 0.2) is 12.4 Å². The Kier molecular flexibility index (Phi) is 4.33. The number of Topliss-reactive ketones (excluding diaryl/α,β-unsaturated/α-hetero) is 1. The van der Waals surface area contributed by atoms with Gasteiger partial charge in [-0.05, 0) is 30.5 Å². The molecule has 0 fully saturated rings. The van der Waals surface area contributed by atoms with Gasteiger partial charge in [-0.25, -0.2) is 0 Å². The lowest BCUT2D eigenvalue weighted by Gasteiger charge is -2.06. The van der Waals surface area contributed by atoms with Crippen LogP contribution < -0.4 is 4.57 Å². The predicted molar refractivity (Wildman–Crippen MR) is 92.3 cm³/mol. The van der Waals surface area contributed by atoms with Crippen molar-refractivity contribution in [2.45, 2.75) is 20.4 Å². The van der Waals surface area contributed by atoms with Gasteiger partial charge < -0.3 is 0 Å². The number of hydrogen-bond donors (Lipinski definition) is 0. The molecule has 0 saturated heterocycles. The molecule has 0 saturated carbocycles. The van der Waals surface area contributed by atoms with E-state index in [2.05, 4.69) is 44.2 Å². The lowest BCUT2D eigenvalue weighted by atomic mass is 9.99. The van der Waals surface area contributed by atoms with E-state index in [9.17, 15) is 4.79 Å². The fourth-order valence-corrected chi connectivity index (χ4v) is 2.67. The predicted octanol–water partition coefficient (Wildman–Crippen LogP) is 4.14. The minimum atomic E-state index is 0.120. The molecule has 0 bridgehead atoms. The maximum atomic E-state index is 12.2. The Morgan fingerprint density at radius 1 is 0.913 bits per heavy atom. The van der Waals surface area contributed by atoms with Crippen LogP contribution in [0.4, 0.5) is 0 Å². The van der Waals surface area contributed by atoms with Crippen LogP contribution in [0.5, 0.6) is 0 Å². The van der Waals surface area contributed by atoms with Crippen LogP contribution in [-0.2, 0) is 6.54 Å². The number of rotatable bonds is 4. The summed E-state index contributed by atoms with van der Waals surface area (Å²) in [6.07, 6.45) is 3.94. The molecule has 1 aromatic heterocycles. The van der Waals surface area contributed by atoms with E-state index < -0.39 is 0 Å². The van der Waals surface area contributed by atoms with E-state index in [0.29, 0.717) is 6.54 Å². The van der Waals surface area contributed by atoms with Crippen molar-refractivity contribution < 1.29 is 9.36 Å². The molecule has 114 valence electrons. The summed E-state index contributed by atoms with van der Waals surface area (Å²) in [6.45, 7) is 4.58. The normalized spacial score (nSPS) is 10.5. The molecule has 0 atom stereocenters. The summed E-state index contributed by atoms with van der Waals surface area (Å²) in [5.41, 5.74) is 5.68. The molecule has 23 heavy (non-hydrogen) atoms. The van der Waals surface area contributed by atoms with E-state index >= 15 is 0 Å². The van der Waals surface area contributed by atoms with Crippen LogP contribution in [0.3, 0.4) is 0 Å². The van der Waals surface area contributed by atoms with Gasteiger partial charge in [-0.2, -0.15) is 4.57 Å². The molecule has 2 aromatic carbocycles. The van der Waals surface area contributed by atoms with Crippen molar-refractivity contribution in [2.24, 2.45) is 0 Å². The summed E-state index contributed by atoms with van der Waals surface area (Å²) in [7, 11) is 0. The van der Waals surface area contributed by atoms with Crippen LogP contribution in [0.15, 0.2) is 73.1 Å². The number of nitrogens with zero attached hydrogens (tertiary/aromatic N) is 1. The summed E-state index contributed by atoms with van der Waals surface area (Å²) in [6, 6.07) is 20.0. The first-order valence-corrected chi connectivity index (χ1v) is 7.78. The van der Waals surface area contributed by atoms with Crippen molar-refractivity contribution in [3.8, 4) is 11.1 Å². The molecular weight excluding hydrogens is 282 g/mol. The quantitative estimate of drug-likeness (QED) is 0.524. The Labute approximate surface area is 137 Å². The molecule has 0 radical (unpaired) electrons. The molecular formula is C21H20NO+. The highest BCUT2D eigenvalue weighted by molar-refractivity contribution is 5.94. The van der Waals surface area contributed by atoms with Crippen LogP contribution in [0.2, 0.25) is 0 Å². The van der Waals surface area contributed by atoms with Crippen molar-refractivity contribution in [2.75, 3.05) is 0 Å². The molecule has 1 heterocycles. The zero-order valence-electron chi connectivity index (χ0n) is 13.5. The van der Waals surface area contributed by atoms with Gasteiger partial charge in [-0.3, -0.25) is 4.79 Å². The second-order valence-corrected chi connectivity index (χ2v) is 5.87. The van der Waals surface area contributed by atoms with E-state index in [1.807, 2.05) is 47.3 Å². The monoisotopic (exact) mass is 302 g/mol. The maximum Gasteiger partial charge on any atom is 0.227 e. The fourth-order valence-electron chi connectivity index (χ4n) is 2.67. The lowest BCUT2D eigenvalue weighted by Crippen LogP contribution is -2.37.